The van der Waals surface area contributed by atoms with E-state index in [1.54, 1.807) is 0 Å². The van der Waals surface area contributed by atoms with E-state index >= 15 is 0 Å². The van der Waals surface area contributed by atoms with E-state index in [2.05, 4.69) is 34.5 Å². The summed E-state index contributed by atoms with van der Waals surface area (Å²) in [6, 6.07) is 15.9. The average Bonchev–Trinajstić information content (AvgIpc) is 3.13. The van der Waals surface area contributed by atoms with Crippen LogP contribution in [0.4, 0.5) is 5.69 Å². The standard InChI is InChI=1S/C23H31N3O3.ClH/c1-3-28-21-11-10-19(12-22(21)29-4-2)25-23(27)16-26-14-18(13-24)20(15-26)17-8-6-5-7-9-17;/h5-12,18,20H,3-4,13-16,24H2,1-2H3,(H,25,27);1H/t18-,20+;/m1./s1. The highest BCUT2D eigenvalue weighted by Gasteiger charge is 2.33. The number of nitrogens with one attached hydrogen (secondary N) is 1. The number of anilines is 1. The van der Waals surface area contributed by atoms with Crippen LogP contribution in [0.5, 0.6) is 11.5 Å². The zero-order chi connectivity index (χ0) is 20.6. The molecule has 30 heavy (non-hydrogen) atoms. The van der Waals surface area contributed by atoms with Crippen molar-refractivity contribution in [3.05, 3.63) is 54.1 Å². The Labute approximate surface area is 185 Å². The summed E-state index contributed by atoms with van der Waals surface area (Å²) in [5.74, 6) is 2.01. The number of ether oxygens (including phenoxy) is 2. The lowest BCUT2D eigenvalue weighted by molar-refractivity contribution is -0.117. The van der Waals surface area contributed by atoms with E-state index < -0.39 is 0 Å². The van der Waals surface area contributed by atoms with Gasteiger partial charge in [0.2, 0.25) is 5.91 Å². The molecule has 0 unspecified atom stereocenters. The Hall–Kier alpha value is -2.28. The molecular formula is C23H32ClN3O3. The van der Waals surface area contributed by atoms with Gasteiger partial charge in [-0.1, -0.05) is 30.3 Å². The molecule has 1 heterocycles. The van der Waals surface area contributed by atoms with Crippen molar-refractivity contribution in [1.82, 2.24) is 4.90 Å². The van der Waals surface area contributed by atoms with Crippen molar-refractivity contribution >= 4 is 24.0 Å². The van der Waals surface area contributed by atoms with E-state index in [1.807, 2.05) is 38.1 Å². The quantitative estimate of drug-likeness (QED) is 0.632. The van der Waals surface area contributed by atoms with Gasteiger partial charge in [0.1, 0.15) is 0 Å². The molecule has 1 saturated heterocycles. The van der Waals surface area contributed by atoms with Gasteiger partial charge in [-0.05, 0) is 44.0 Å². The Morgan fingerprint density at radius 1 is 1.07 bits per heavy atom. The van der Waals surface area contributed by atoms with Crippen LogP contribution in [-0.2, 0) is 4.79 Å². The van der Waals surface area contributed by atoms with Crippen LogP contribution < -0.4 is 20.5 Å². The maximum absolute atomic E-state index is 12.6. The molecule has 1 amide bonds. The van der Waals surface area contributed by atoms with Gasteiger partial charge < -0.3 is 20.5 Å². The number of carbonyl (C=O) groups is 1. The van der Waals surface area contributed by atoms with Crippen LogP contribution in [0.15, 0.2) is 48.5 Å². The fraction of sp³-hybridized carbons (Fsp3) is 0.435. The average molecular weight is 434 g/mol. The summed E-state index contributed by atoms with van der Waals surface area (Å²) in [6.07, 6.45) is 0. The first-order valence-corrected chi connectivity index (χ1v) is 10.3. The van der Waals surface area contributed by atoms with E-state index in [4.69, 9.17) is 15.2 Å². The number of halogens is 1. The number of carbonyl (C=O) groups excluding carboxylic acids is 1. The maximum atomic E-state index is 12.6. The summed E-state index contributed by atoms with van der Waals surface area (Å²) in [6.45, 7) is 7.58. The fourth-order valence-corrected chi connectivity index (χ4v) is 3.94. The van der Waals surface area contributed by atoms with Crippen LogP contribution in [0.3, 0.4) is 0 Å². The monoisotopic (exact) mass is 433 g/mol. The lowest BCUT2D eigenvalue weighted by Crippen LogP contribution is -2.32. The van der Waals surface area contributed by atoms with Gasteiger partial charge in [0.05, 0.1) is 19.8 Å². The first-order valence-electron chi connectivity index (χ1n) is 10.3. The smallest absolute Gasteiger partial charge is 0.238 e. The second-order valence-electron chi connectivity index (χ2n) is 7.28. The van der Waals surface area contributed by atoms with Crippen LogP contribution in [-0.4, -0.2) is 50.2 Å². The summed E-state index contributed by atoms with van der Waals surface area (Å²) in [5.41, 5.74) is 8.00. The summed E-state index contributed by atoms with van der Waals surface area (Å²) in [4.78, 5) is 14.8. The van der Waals surface area contributed by atoms with Gasteiger partial charge in [0.15, 0.2) is 11.5 Å². The number of hydrogen-bond acceptors (Lipinski definition) is 5. The topological polar surface area (TPSA) is 76.8 Å². The molecule has 1 fully saturated rings. The second kappa shape index (κ2) is 11.8. The first kappa shape index (κ1) is 24.0. The Morgan fingerprint density at radius 3 is 2.43 bits per heavy atom. The minimum atomic E-state index is -0.0407. The van der Waals surface area contributed by atoms with Crippen molar-refractivity contribution in [2.45, 2.75) is 19.8 Å². The highest BCUT2D eigenvalue weighted by atomic mass is 35.5. The van der Waals surface area contributed by atoms with Crippen LogP contribution >= 0.6 is 12.4 Å². The minimum Gasteiger partial charge on any atom is -0.490 e. The summed E-state index contributed by atoms with van der Waals surface area (Å²) < 4.78 is 11.2. The summed E-state index contributed by atoms with van der Waals surface area (Å²) in [5, 5.41) is 2.98. The zero-order valence-electron chi connectivity index (χ0n) is 17.7. The Bertz CT molecular complexity index is 804. The number of nitrogens with zero attached hydrogens (tertiary/aromatic N) is 1. The van der Waals surface area contributed by atoms with Gasteiger partial charge in [-0.25, -0.2) is 0 Å². The van der Waals surface area contributed by atoms with Crippen molar-refractivity contribution < 1.29 is 14.3 Å². The number of amides is 1. The van der Waals surface area contributed by atoms with Gasteiger partial charge in [-0.3, -0.25) is 9.69 Å². The molecule has 3 rings (SSSR count). The molecule has 0 bridgehead atoms. The molecule has 0 aromatic heterocycles. The second-order valence-corrected chi connectivity index (χ2v) is 7.28. The van der Waals surface area contributed by atoms with Gasteiger partial charge in [-0.15, -0.1) is 12.4 Å². The lowest BCUT2D eigenvalue weighted by atomic mass is 9.89. The normalized spacial score (nSPS) is 18.5. The predicted octanol–water partition coefficient (Wildman–Crippen LogP) is 3.52. The number of likely N-dealkylation sites (tertiary alicyclic amines) is 1. The van der Waals surface area contributed by atoms with Crippen LogP contribution in [0.2, 0.25) is 0 Å². The maximum Gasteiger partial charge on any atom is 0.238 e. The van der Waals surface area contributed by atoms with E-state index in [1.165, 1.54) is 5.56 Å². The Morgan fingerprint density at radius 2 is 1.77 bits per heavy atom. The van der Waals surface area contributed by atoms with E-state index in [0.717, 1.165) is 13.1 Å². The number of rotatable bonds is 9. The van der Waals surface area contributed by atoms with E-state index in [-0.39, 0.29) is 18.3 Å². The highest BCUT2D eigenvalue weighted by molar-refractivity contribution is 5.92. The van der Waals surface area contributed by atoms with Crippen molar-refractivity contribution in [2.24, 2.45) is 11.7 Å². The summed E-state index contributed by atoms with van der Waals surface area (Å²) >= 11 is 0. The molecule has 1 aliphatic rings. The third-order valence-electron chi connectivity index (χ3n) is 5.24. The van der Waals surface area contributed by atoms with Gasteiger partial charge >= 0.3 is 0 Å². The molecule has 2 aromatic carbocycles. The van der Waals surface area contributed by atoms with Crippen molar-refractivity contribution in [1.29, 1.82) is 0 Å². The van der Waals surface area contributed by atoms with Crippen molar-refractivity contribution in [3.63, 3.8) is 0 Å². The highest BCUT2D eigenvalue weighted by Crippen LogP contribution is 2.32. The SMILES string of the molecule is CCOc1ccc(NC(=O)CN2C[C@@H](CN)[C@H](c3ccccc3)C2)cc1OCC.Cl. The summed E-state index contributed by atoms with van der Waals surface area (Å²) in [7, 11) is 0. The van der Waals surface area contributed by atoms with Crippen LogP contribution in [0.1, 0.15) is 25.3 Å². The zero-order valence-corrected chi connectivity index (χ0v) is 18.5. The molecular weight excluding hydrogens is 402 g/mol. The molecule has 1 aliphatic heterocycles. The fourth-order valence-electron chi connectivity index (χ4n) is 3.94. The van der Waals surface area contributed by atoms with Crippen LogP contribution in [0, 0.1) is 5.92 Å². The van der Waals surface area contributed by atoms with Crippen molar-refractivity contribution in [2.75, 3.05) is 44.7 Å². The lowest BCUT2D eigenvalue weighted by Gasteiger charge is -2.17. The molecule has 0 radical (unpaired) electrons. The molecule has 2 atom stereocenters. The van der Waals surface area contributed by atoms with Gasteiger partial charge in [0.25, 0.3) is 0 Å². The molecule has 0 saturated carbocycles. The Kier molecular flexibility index (Phi) is 9.43. The molecule has 7 heteroatoms. The number of hydrogen-bond donors (Lipinski definition) is 2. The molecule has 3 N–H and O–H groups in total. The van der Waals surface area contributed by atoms with Crippen LogP contribution in [0.25, 0.3) is 0 Å². The first-order chi connectivity index (χ1) is 14.1. The third-order valence-corrected chi connectivity index (χ3v) is 5.24. The van der Waals surface area contributed by atoms with Gasteiger partial charge in [-0.2, -0.15) is 0 Å². The molecule has 0 spiro atoms. The van der Waals surface area contributed by atoms with Gasteiger partial charge in [0, 0.05) is 30.8 Å². The third kappa shape index (κ3) is 6.11. The minimum absolute atomic E-state index is 0. The van der Waals surface area contributed by atoms with E-state index in [0.29, 0.717) is 55.3 Å². The largest absolute Gasteiger partial charge is 0.490 e. The Balaban J connectivity index is 0.00000320. The predicted molar refractivity (Wildman–Crippen MR) is 123 cm³/mol. The number of nitrogens with two attached hydrogens (primary N) is 1. The molecule has 0 aliphatic carbocycles. The number of benzene rings is 2. The molecule has 164 valence electrons. The molecule has 2 aromatic rings. The van der Waals surface area contributed by atoms with E-state index in [9.17, 15) is 4.79 Å². The van der Waals surface area contributed by atoms with Crippen molar-refractivity contribution in [3.8, 4) is 11.5 Å². The molecule has 6 nitrogen and oxygen atoms in total.